The maximum Gasteiger partial charge on any atom is 0.228 e. The predicted octanol–water partition coefficient (Wildman–Crippen LogP) is 4.17. The van der Waals surface area contributed by atoms with Gasteiger partial charge in [-0.15, -0.1) is 0 Å². The predicted molar refractivity (Wildman–Crippen MR) is 103 cm³/mol. The average molecular weight is 409 g/mol. The summed E-state index contributed by atoms with van der Waals surface area (Å²) in [6, 6.07) is 5.58. The second-order valence-corrected chi connectivity index (χ2v) is 7.22. The summed E-state index contributed by atoms with van der Waals surface area (Å²) >= 11 is 6.17. The van der Waals surface area contributed by atoms with Crippen molar-refractivity contribution in [3.8, 4) is 11.5 Å². The molecule has 4 rings (SSSR count). The highest BCUT2D eigenvalue weighted by atomic mass is 35.5. The Kier molecular flexibility index (Phi) is 5.26. The van der Waals surface area contributed by atoms with E-state index in [1.54, 1.807) is 17.0 Å². The maximum atomic E-state index is 14.4. The van der Waals surface area contributed by atoms with E-state index in [2.05, 4.69) is 5.32 Å². The highest BCUT2D eigenvalue weighted by Crippen LogP contribution is 2.38. The van der Waals surface area contributed by atoms with E-state index in [-0.39, 0.29) is 17.8 Å². The first-order chi connectivity index (χ1) is 13.5. The van der Waals surface area contributed by atoms with Crippen LogP contribution in [0.2, 0.25) is 5.02 Å². The molecule has 1 fully saturated rings. The van der Waals surface area contributed by atoms with Crippen LogP contribution in [0.15, 0.2) is 24.3 Å². The van der Waals surface area contributed by atoms with Gasteiger partial charge in [-0.25, -0.2) is 8.78 Å². The molecule has 2 aromatic carbocycles. The van der Waals surface area contributed by atoms with E-state index >= 15 is 0 Å². The van der Waals surface area contributed by atoms with Crippen molar-refractivity contribution in [3.05, 3.63) is 46.5 Å². The van der Waals surface area contributed by atoms with E-state index in [1.807, 2.05) is 0 Å². The lowest BCUT2D eigenvalue weighted by atomic mass is 10.1. The van der Waals surface area contributed by atoms with Crippen molar-refractivity contribution in [1.29, 1.82) is 0 Å². The van der Waals surface area contributed by atoms with Crippen molar-refractivity contribution in [2.24, 2.45) is 0 Å². The minimum Gasteiger partial charge on any atom is -0.486 e. The number of nitrogens with one attached hydrogen (secondary N) is 1. The van der Waals surface area contributed by atoms with Crippen molar-refractivity contribution in [1.82, 2.24) is 0 Å². The molecule has 0 bridgehead atoms. The number of carbonyl (C=O) groups is 1. The van der Waals surface area contributed by atoms with Crippen LogP contribution in [0.3, 0.4) is 0 Å². The van der Waals surface area contributed by atoms with Crippen molar-refractivity contribution in [3.63, 3.8) is 0 Å². The summed E-state index contributed by atoms with van der Waals surface area (Å²) in [4.78, 5) is 14.0. The third-order valence-corrected chi connectivity index (χ3v) is 5.02. The lowest BCUT2D eigenvalue weighted by molar-refractivity contribution is -0.115. The minimum absolute atomic E-state index is 0.0204. The molecule has 5 nitrogen and oxygen atoms in total. The number of rotatable bonds is 4. The Hall–Kier alpha value is -2.54. The standard InChI is InChI=1S/C20H19ClF2N2O3/c21-14-7-12(8-17-20(14)28-6-5-27-17)9-18(26)24-13-10-15(22)19(16(23)11-13)25-3-1-2-4-25/h7-8,10-11H,1-6,9H2,(H,24,26). The number of fused-ring (bicyclic) bond motifs is 1. The monoisotopic (exact) mass is 408 g/mol. The Morgan fingerprint density at radius 3 is 2.46 bits per heavy atom. The molecule has 1 saturated heterocycles. The molecule has 148 valence electrons. The van der Waals surface area contributed by atoms with Crippen molar-refractivity contribution in [2.45, 2.75) is 19.3 Å². The zero-order chi connectivity index (χ0) is 19.7. The number of benzene rings is 2. The van der Waals surface area contributed by atoms with Gasteiger partial charge in [0.15, 0.2) is 23.1 Å². The lowest BCUT2D eigenvalue weighted by Gasteiger charge is -2.20. The molecular weight excluding hydrogens is 390 g/mol. The van der Waals surface area contributed by atoms with Gasteiger partial charge < -0.3 is 19.7 Å². The number of carbonyl (C=O) groups excluding carboxylic acids is 1. The van der Waals surface area contributed by atoms with Gasteiger partial charge in [0.05, 0.1) is 11.4 Å². The van der Waals surface area contributed by atoms with Crippen LogP contribution in [0.1, 0.15) is 18.4 Å². The highest BCUT2D eigenvalue weighted by Gasteiger charge is 2.22. The van der Waals surface area contributed by atoms with Gasteiger partial charge in [0, 0.05) is 18.8 Å². The van der Waals surface area contributed by atoms with Crippen LogP contribution in [-0.4, -0.2) is 32.2 Å². The van der Waals surface area contributed by atoms with Gasteiger partial charge in [-0.1, -0.05) is 11.6 Å². The molecule has 2 heterocycles. The van der Waals surface area contributed by atoms with Crippen LogP contribution in [-0.2, 0) is 11.2 Å². The fraction of sp³-hybridized carbons (Fsp3) is 0.350. The van der Waals surface area contributed by atoms with Crippen molar-refractivity contribution < 1.29 is 23.0 Å². The number of halogens is 3. The molecule has 0 radical (unpaired) electrons. The fourth-order valence-electron chi connectivity index (χ4n) is 3.54. The van der Waals surface area contributed by atoms with E-state index in [9.17, 15) is 13.6 Å². The number of nitrogens with zero attached hydrogens (tertiary/aromatic N) is 1. The number of amides is 1. The van der Waals surface area contributed by atoms with Gasteiger partial charge in [0.2, 0.25) is 5.91 Å². The first kappa shape index (κ1) is 18.8. The van der Waals surface area contributed by atoms with E-state index in [0.29, 0.717) is 48.4 Å². The third-order valence-electron chi connectivity index (χ3n) is 4.74. The molecule has 8 heteroatoms. The summed E-state index contributed by atoms with van der Waals surface area (Å²) in [5.74, 6) is -0.841. The topological polar surface area (TPSA) is 50.8 Å². The fourth-order valence-corrected chi connectivity index (χ4v) is 3.83. The second-order valence-electron chi connectivity index (χ2n) is 6.81. The van der Waals surface area contributed by atoms with Crippen LogP contribution in [0.4, 0.5) is 20.2 Å². The van der Waals surface area contributed by atoms with E-state index in [0.717, 1.165) is 25.0 Å². The number of hydrogen-bond acceptors (Lipinski definition) is 4. The van der Waals surface area contributed by atoms with E-state index in [4.69, 9.17) is 21.1 Å². The molecule has 0 spiro atoms. The first-order valence-electron chi connectivity index (χ1n) is 9.13. The Morgan fingerprint density at radius 2 is 1.75 bits per heavy atom. The van der Waals surface area contributed by atoms with Gasteiger partial charge in [-0.05, 0) is 42.7 Å². The summed E-state index contributed by atoms with van der Waals surface area (Å²) < 4.78 is 39.7. The average Bonchev–Trinajstić information content (AvgIpc) is 3.15. The normalized spacial score (nSPS) is 15.6. The second kappa shape index (κ2) is 7.83. The molecule has 0 aliphatic carbocycles. The van der Waals surface area contributed by atoms with E-state index < -0.39 is 17.5 Å². The highest BCUT2D eigenvalue weighted by molar-refractivity contribution is 6.32. The first-order valence-corrected chi connectivity index (χ1v) is 9.51. The molecular formula is C20H19ClF2N2O3. The zero-order valence-electron chi connectivity index (χ0n) is 15.1. The maximum absolute atomic E-state index is 14.4. The zero-order valence-corrected chi connectivity index (χ0v) is 15.8. The summed E-state index contributed by atoms with van der Waals surface area (Å²) in [6.45, 7) is 2.08. The number of anilines is 2. The Balaban J connectivity index is 1.47. The molecule has 0 saturated carbocycles. The quantitative estimate of drug-likeness (QED) is 0.825. The molecule has 0 unspecified atom stereocenters. The summed E-state index contributed by atoms with van der Waals surface area (Å²) in [6.07, 6.45) is 1.80. The summed E-state index contributed by atoms with van der Waals surface area (Å²) in [5, 5.41) is 2.89. The molecule has 2 aromatic rings. The van der Waals surface area contributed by atoms with Crippen LogP contribution in [0.5, 0.6) is 11.5 Å². The van der Waals surface area contributed by atoms with Crippen molar-refractivity contribution >= 4 is 28.9 Å². The van der Waals surface area contributed by atoms with Gasteiger partial charge in [0.25, 0.3) is 0 Å². The van der Waals surface area contributed by atoms with Crippen LogP contribution < -0.4 is 19.7 Å². The Bertz CT molecular complexity index is 894. The van der Waals surface area contributed by atoms with Gasteiger partial charge >= 0.3 is 0 Å². The number of ether oxygens (including phenoxy) is 2. The molecule has 1 amide bonds. The minimum atomic E-state index is -0.681. The molecule has 1 N–H and O–H groups in total. The van der Waals surface area contributed by atoms with Crippen LogP contribution >= 0.6 is 11.6 Å². The van der Waals surface area contributed by atoms with Crippen LogP contribution in [0.25, 0.3) is 0 Å². The molecule has 0 atom stereocenters. The Morgan fingerprint density at radius 1 is 1.07 bits per heavy atom. The van der Waals surface area contributed by atoms with Gasteiger partial charge in [0.1, 0.15) is 18.9 Å². The largest absolute Gasteiger partial charge is 0.486 e. The molecule has 28 heavy (non-hydrogen) atoms. The summed E-state index contributed by atoms with van der Waals surface area (Å²) in [5.41, 5.74) is 0.655. The SMILES string of the molecule is O=C(Cc1cc(Cl)c2c(c1)OCCO2)Nc1cc(F)c(N2CCCC2)c(F)c1. The number of hydrogen-bond donors (Lipinski definition) is 1. The van der Waals surface area contributed by atoms with Crippen molar-refractivity contribution in [2.75, 3.05) is 36.5 Å². The lowest BCUT2D eigenvalue weighted by Crippen LogP contribution is -2.21. The van der Waals surface area contributed by atoms with Gasteiger partial charge in [-0.3, -0.25) is 4.79 Å². The molecule has 2 aliphatic heterocycles. The third kappa shape index (κ3) is 3.85. The van der Waals surface area contributed by atoms with E-state index in [1.165, 1.54) is 0 Å². The smallest absolute Gasteiger partial charge is 0.228 e. The molecule has 2 aliphatic rings. The van der Waals surface area contributed by atoms with Gasteiger partial charge in [-0.2, -0.15) is 0 Å². The summed E-state index contributed by atoms with van der Waals surface area (Å²) in [7, 11) is 0. The molecule has 0 aromatic heterocycles. The van der Waals surface area contributed by atoms with Crippen LogP contribution in [0, 0.1) is 11.6 Å². The Labute approximate surface area is 166 Å².